The van der Waals surface area contributed by atoms with Crippen LogP contribution in [0.15, 0.2) is 29.2 Å². The van der Waals surface area contributed by atoms with Gasteiger partial charge in [0.05, 0.1) is 23.6 Å². The first-order valence-electron chi connectivity index (χ1n) is 12.1. The van der Waals surface area contributed by atoms with Gasteiger partial charge in [0, 0.05) is 50.1 Å². The molecule has 1 aromatic carbocycles. The minimum absolute atomic E-state index is 0.0207. The number of benzene rings is 1. The van der Waals surface area contributed by atoms with Crippen LogP contribution in [0.2, 0.25) is 0 Å². The molecule has 12 nitrogen and oxygen atoms in total. The lowest BCUT2D eigenvalue weighted by molar-refractivity contribution is -0.129. The number of rotatable bonds is 6. The molecular formula is C24H29N5O7S2. The van der Waals surface area contributed by atoms with Crippen molar-refractivity contribution in [1.82, 2.24) is 14.1 Å². The highest BCUT2D eigenvalue weighted by Gasteiger charge is 2.31. The average molecular weight is 564 g/mol. The number of nitrogens with zero attached hydrogens (tertiary/aromatic N) is 3. The topological polar surface area (TPSA) is 159 Å². The molecule has 4 amide bonds. The second-order valence-electron chi connectivity index (χ2n) is 8.83. The number of primary amides is 1. The van der Waals surface area contributed by atoms with Gasteiger partial charge in [-0.25, -0.2) is 13.2 Å². The molecule has 2 aromatic rings. The summed E-state index contributed by atoms with van der Waals surface area (Å²) in [4.78, 5) is 52.7. The molecule has 4 rings (SSSR count). The van der Waals surface area contributed by atoms with Gasteiger partial charge in [-0.3, -0.25) is 14.4 Å². The Hall–Kier alpha value is -3.49. The van der Waals surface area contributed by atoms with Crippen LogP contribution in [0.4, 0.5) is 9.80 Å². The first kappa shape index (κ1) is 27.5. The van der Waals surface area contributed by atoms with Crippen LogP contribution in [0.3, 0.4) is 0 Å². The Bertz CT molecular complexity index is 1360. The summed E-state index contributed by atoms with van der Waals surface area (Å²) in [5.74, 6) is -1.27. The summed E-state index contributed by atoms with van der Waals surface area (Å²) in [7, 11) is -3.83. The lowest BCUT2D eigenvalue weighted by Gasteiger charge is -2.33. The van der Waals surface area contributed by atoms with Crippen LogP contribution in [0.5, 0.6) is 0 Å². The molecule has 38 heavy (non-hydrogen) atoms. The molecule has 2 aliphatic heterocycles. The molecule has 2 aliphatic rings. The van der Waals surface area contributed by atoms with Crippen molar-refractivity contribution in [2.75, 3.05) is 44.6 Å². The van der Waals surface area contributed by atoms with Crippen LogP contribution in [0.1, 0.15) is 45.0 Å². The number of fused-ring (bicyclic) bond motifs is 1. The average Bonchev–Trinajstić information content (AvgIpc) is 3.26. The van der Waals surface area contributed by atoms with E-state index in [1.165, 1.54) is 51.7 Å². The number of anilines is 1. The standard InChI is InChI=1S/C24H29N5O7S2/c1-3-36-24(33)27-10-12-29(13-11-27)38(34,35)17-6-4-16(5-7-17)22(32)26-23-20(21(25)31)18-8-9-28(15(2)30)14-19(18)37-23/h4-7H,3,8-14H2,1-2H3,(H2,25,31)(H,26,32). The Labute approximate surface area is 224 Å². The van der Waals surface area contributed by atoms with Gasteiger partial charge in [0.2, 0.25) is 15.9 Å². The van der Waals surface area contributed by atoms with Gasteiger partial charge in [-0.15, -0.1) is 11.3 Å². The van der Waals surface area contributed by atoms with E-state index < -0.39 is 27.9 Å². The van der Waals surface area contributed by atoms with E-state index in [0.29, 0.717) is 24.5 Å². The fraction of sp³-hybridized carbons (Fsp3) is 0.417. The molecular weight excluding hydrogens is 534 g/mol. The minimum atomic E-state index is -3.83. The zero-order valence-corrected chi connectivity index (χ0v) is 22.7. The predicted molar refractivity (Wildman–Crippen MR) is 139 cm³/mol. The van der Waals surface area contributed by atoms with Gasteiger partial charge in [-0.05, 0) is 43.2 Å². The first-order chi connectivity index (χ1) is 18.0. The summed E-state index contributed by atoms with van der Waals surface area (Å²) in [6, 6.07) is 5.49. The molecule has 0 radical (unpaired) electrons. The fourth-order valence-corrected chi connectivity index (χ4v) is 7.14. The second-order valence-corrected chi connectivity index (χ2v) is 11.9. The molecule has 1 aromatic heterocycles. The monoisotopic (exact) mass is 563 g/mol. The lowest BCUT2D eigenvalue weighted by atomic mass is 10.0. The number of nitrogens with two attached hydrogens (primary N) is 1. The van der Waals surface area contributed by atoms with Gasteiger partial charge in [0.25, 0.3) is 11.8 Å². The van der Waals surface area contributed by atoms with Crippen molar-refractivity contribution in [2.45, 2.75) is 31.7 Å². The smallest absolute Gasteiger partial charge is 0.409 e. The molecule has 0 aliphatic carbocycles. The van der Waals surface area contributed by atoms with E-state index in [9.17, 15) is 27.6 Å². The highest BCUT2D eigenvalue weighted by molar-refractivity contribution is 7.89. The number of carbonyl (C=O) groups is 4. The molecule has 0 atom stereocenters. The van der Waals surface area contributed by atoms with Crippen molar-refractivity contribution in [3.63, 3.8) is 0 Å². The number of carbonyl (C=O) groups excluding carboxylic acids is 4. The van der Waals surface area contributed by atoms with E-state index in [1.807, 2.05) is 0 Å². The van der Waals surface area contributed by atoms with Crippen molar-refractivity contribution >= 4 is 50.2 Å². The molecule has 0 unspecified atom stereocenters. The third-order valence-electron chi connectivity index (χ3n) is 6.49. The maximum atomic E-state index is 13.1. The van der Waals surface area contributed by atoms with Gasteiger partial charge < -0.3 is 25.6 Å². The summed E-state index contributed by atoms with van der Waals surface area (Å²) in [5, 5.41) is 3.02. The van der Waals surface area contributed by atoms with Crippen LogP contribution in [0, 0.1) is 0 Å². The van der Waals surface area contributed by atoms with Crippen molar-refractivity contribution < 1.29 is 32.3 Å². The Morgan fingerprint density at radius 1 is 1.03 bits per heavy atom. The molecule has 3 N–H and O–H groups in total. The number of hydrogen-bond acceptors (Lipinski definition) is 8. The normalized spacial score (nSPS) is 16.1. The summed E-state index contributed by atoms with van der Waals surface area (Å²) < 4.78 is 32.4. The third kappa shape index (κ3) is 5.51. The Kier molecular flexibility index (Phi) is 8.04. The van der Waals surface area contributed by atoms with Crippen molar-refractivity contribution in [3.05, 3.63) is 45.8 Å². The number of nitrogens with one attached hydrogen (secondary N) is 1. The van der Waals surface area contributed by atoms with Gasteiger partial charge in [0.15, 0.2) is 0 Å². The minimum Gasteiger partial charge on any atom is -0.450 e. The molecule has 1 saturated heterocycles. The van der Waals surface area contributed by atoms with Crippen molar-refractivity contribution in [1.29, 1.82) is 0 Å². The molecule has 0 saturated carbocycles. The number of ether oxygens (including phenoxy) is 1. The fourth-order valence-electron chi connectivity index (χ4n) is 4.45. The highest BCUT2D eigenvalue weighted by Crippen LogP contribution is 2.37. The SMILES string of the molecule is CCOC(=O)N1CCN(S(=O)(=O)c2ccc(C(=O)Nc3sc4c(c3C(N)=O)CCN(C(C)=O)C4)cc2)CC1. The summed E-state index contributed by atoms with van der Waals surface area (Å²) >= 11 is 1.20. The Morgan fingerprint density at radius 3 is 2.26 bits per heavy atom. The van der Waals surface area contributed by atoms with Crippen LogP contribution < -0.4 is 11.1 Å². The quantitative estimate of drug-likeness (QED) is 0.538. The first-order valence-corrected chi connectivity index (χ1v) is 14.3. The number of sulfonamides is 1. The Morgan fingerprint density at radius 2 is 1.68 bits per heavy atom. The summed E-state index contributed by atoms with van der Waals surface area (Å²) in [6.07, 6.45) is -0.0117. The van der Waals surface area contributed by atoms with Crippen LogP contribution >= 0.6 is 11.3 Å². The second kappa shape index (κ2) is 11.1. The maximum Gasteiger partial charge on any atom is 0.409 e. The van der Waals surface area contributed by atoms with Gasteiger partial charge in [0.1, 0.15) is 5.00 Å². The molecule has 14 heteroatoms. The lowest BCUT2D eigenvalue weighted by Crippen LogP contribution is -2.50. The van der Waals surface area contributed by atoms with E-state index in [0.717, 1.165) is 10.4 Å². The number of piperazine rings is 1. The van der Waals surface area contributed by atoms with Crippen LogP contribution in [-0.4, -0.2) is 85.7 Å². The Balaban J connectivity index is 1.46. The number of amides is 4. The third-order valence-corrected chi connectivity index (χ3v) is 9.54. The molecule has 3 heterocycles. The predicted octanol–water partition coefficient (Wildman–Crippen LogP) is 1.47. The molecule has 0 spiro atoms. The molecule has 1 fully saturated rings. The summed E-state index contributed by atoms with van der Waals surface area (Å²) in [5.41, 5.74) is 6.78. The van der Waals surface area contributed by atoms with Gasteiger partial charge in [-0.2, -0.15) is 4.31 Å². The zero-order chi connectivity index (χ0) is 27.6. The van der Waals surface area contributed by atoms with Crippen molar-refractivity contribution in [2.24, 2.45) is 5.73 Å². The van der Waals surface area contributed by atoms with Crippen molar-refractivity contribution in [3.8, 4) is 0 Å². The van der Waals surface area contributed by atoms with Crippen LogP contribution in [-0.2, 0) is 32.5 Å². The van der Waals surface area contributed by atoms with Gasteiger partial charge in [-0.1, -0.05) is 0 Å². The highest BCUT2D eigenvalue weighted by atomic mass is 32.2. The van der Waals surface area contributed by atoms with Gasteiger partial charge >= 0.3 is 6.09 Å². The summed E-state index contributed by atoms with van der Waals surface area (Å²) in [6.45, 7) is 4.92. The molecule has 0 bridgehead atoms. The zero-order valence-electron chi connectivity index (χ0n) is 21.1. The maximum absolute atomic E-state index is 13.1. The number of hydrogen-bond donors (Lipinski definition) is 2. The largest absolute Gasteiger partial charge is 0.450 e. The van der Waals surface area contributed by atoms with Crippen LogP contribution in [0.25, 0.3) is 0 Å². The van der Waals surface area contributed by atoms with E-state index in [2.05, 4.69) is 5.32 Å². The van der Waals surface area contributed by atoms with E-state index in [1.54, 1.807) is 11.8 Å². The van der Waals surface area contributed by atoms with E-state index in [4.69, 9.17) is 10.5 Å². The number of thiophene rings is 1. The van der Waals surface area contributed by atoms with E-state index in [-0.39, 0.29) is 54.7 Å². The molecule has 204 valence electrons. The van der Waals surface area contributed by atoms with E-state index >= 15 is 0 Å².